The van der Waals surface area contributed by atoms with Gasteiger partial charge in [0, 0.05) is 10.1 Å². The van der Waals surface area contributed by atoms with Crippen molar-refractivity contribution in [2.24, 2.45) is 0 Å². The Kier molecular flexibility index (Phi) is 7.84. The molecule has 0 N–H and O–H groups in total. The number of alkyl halides is 5. The van der Waals surface area contributed by atoms with E-state index in [0.29, 0.717) is 12.8 Å². The maximum absolute atomic E-state index is 13.6. The number of esters is 2. The van der Waals surface area contributed by atoms with E-state index >= 15 is 0 Å². The van der Waals surface area contributed by atoms with Gasteiger partial charge < -0.3 is 9.47 Å². The average Bonchev–Trinajstić information content (AvgIpc) is 3.13. The van der Waals surface area contributed by atoms with Crippen LogP contribution in [0.25, 0.3) is 0 Å². The predicted molar refractivity (Wildman–Crippen MR) is 94.2 cm³/mol. The lowest BCUT2D eigenvalue weighted by Crippen LogP contribution is -2.24. The van der Waals surface area contributed by atoms with Gasteiger partial charge in [0.2, 0.25) is 0 Å². The van der Waals surface area contributed by atoms with Crippen LogP contribution in [-0.4, -0.2) is 35.4 Å². The average molecular weight is 441 g/mol. The van der Waals surface area contributed by atoms with Gasteiger partial charge in [-0.1, -0.05) is 12.8 Å². The van der Waals surface area contributed by atoms with Crippen LogP contribution in [0.15, 0.2) is 4.90 Å². The van der Waals surface area contributed by atoms with Gasteiger partial charge in [0.05, 0.1) is 13.2 Å². The maximum Gasteiger partial charge on any atom is 0.434 e. The molecule has 1 aromatic rings. The molecule has 0 bridgehead atoms. The highest BCUT2D eigenvalue weighted by Crippen LogP contribution is 2.44. The second-order valence-corrected chi connectivity index (χ2v) is 7.50. The quantitative estimate of drug-likeness (QED) is 0.416. The number of hydrogen-bond acceptors (Lipinski definition) is 6. The van der Waals surface area contributed by atoms with Crippen molar-refractivity contribution in [3.05, 3.63) is 22.5 Å². The largest absolute Gasteiger partial charge is 0.462 e. The van der Waals surface area contributed by atoms with Gasteiger partial charge in [-0.2, -0.15) is 13.2 Å². The molecule has 0 aromatic carbocycles. The molecule has 0 atom stereocenters. The van der Waals surface area contributed by atoms with Crippen LogP contribution in [0, 0.1) is 0 Å². The van der Waals surface area contributed by atoms with E-state index in [4.69, 9.17) is 9.47 Å². The van der Waals surface area contributed by atoms with Crippen molar-refractivity contribution >= 4 is 23.7 Å². The number of carbonyl (C=O) groups is 2. The van der Waals surface area contributed by atoms with Crippen molar-refractivity contribution < 1.29 is 41.0 Å². The molecule has 1 heterocycles. The standard InChI is InChI=1S/C18H20F5NO4S/c1-3-27-16(25)10-12(15(19)20)24-14(18(21,22)23)11(17(26)28-4-2)13(10)29-9-7-5-6-8-9/h9,15H,3-8H2,1-2H3. The Morgan fingerprint density at radius 2 is 1.59 bits per heavy atom. The highest BCUT2D eigenvalue weighted by molar-refractivity contribution is 8.00. The summed E-state index contributed by atoms with van der Waals surface area (Å²) >= 11 is 0.800. The van der Waals surface area contributed by atoms with Crippen LogP contribution in [0.4, 0.5) is 22.0 Å². The molecule has 1 aliphatic carbocycles. The van der Waals surface area contributed by atoms with E-state index in [-0.39, 0.29) is 18.5 Å². The zero-order valence-electron chi connectivity index (χ0n) is 15.8. The number of halogens is 5. The van der Waals surface area contributed by atoms with Crippen LogP contribution < -0.4 is 0 Å². The lowest BCUT2D eigenvalue weighted by atomic mass is 10.1. The SMILES string of the molecule is CCOC(=O)c1c(C(F)F)nc(C(F)(F)F)c(C(=O)OCC)c1SC1CCCC1. The zero-order chi connectivity index (χ0) is 21.8. The van der Waals surface area contributed by atoms with Gasteiger partial charge in [-0.15, -0.1) is 11.8 Å². The highest BCUT2D eigenvalue weighted by atomic mass is 32.2. The molecule has 0 radical (unpaired) electrons. The van der Waals surface area contributed by atoms with Crippen LogP contribution >= 0.6 is 11.8 Å². The smallest absolute Gasteiger partial charge is 0.434 e. The lowest BCUT2D eigenvalue weighted by molar-refractivity contribution is -0.142. The van der Waals surface area contributed by atoms with Crippen LogP contribution in [-0.2, 0) is 15.7 Å². The van der Waals surface area contributed by atoms with E-state index in [2.05, 4.69) is 4.98 Å². The molecule has 0 spiro atoms. The normalized spacial score (nSPS) is 15.0. The number of thioether (sulfide) groups is 1. The molecule has 5 nitrogen and oxygen atoms in total. The van der Waals surface area contributed by atoms with Crippen molar-refractivity contribution in [3.63, 3.8) is 0 Å². The second kappa shape index (κ2) is 9.73. The van der Waals surface area contributed by atoms with E-state index in [9.17, 15) is 31.5 Å². The third-order valence-electron chi connectivity index (χ3n) is 4.20. The van der Waals surface area contributed by atoms with Crippen molar-refractivity contribution in [1.29, 1.82) is 0 Å². The fourth-order valence-corrected chi connectivity index (χ4v) is 4.53. The molecule has 29 heavy (non-hydrogen) atoms. The number of rotatable bonds is 7. The van der Waals surface area contributed by atoms with Crippen molar-refractivity contribution in [2.45, 2.75) is 62.3 Å². The zero-order valence-corrected chi connectivity index (χ0v) is 16.6. The Morgan fingerprint density at radius 3 is 2.03 bits per heavy atom. The van der Waals surface area contributed by atoms with E-state index in [1.54, 1.807) is 0 Å². The molecule has 0 amide bonds. The minimum atomic E-state index is -5.20. The fraction of sp³-hybridized carbons (Fsp3) is 0.611. The van der Waals surface area contributed by atoms with Crippen LogP contribution in [0.1, 0.15) is 78.1 Å². The maximum atomic E-state index is 13.6. The predicted octanol–water partition coefficient (Wildman–Crippen LogP) is 5.43. The van der Waals surface area contributed by atoms with Crippen LogP contribution in [0.3, 0.4) is 0 Å². The first kappa shape index (κ1) is 23.4. The molecule has 1 fully saturated rings. The van der Waals surface area contributed by atoms with Crippen molar-refractivity contribution in [1.82, 2.24) is 4.98 Å². The summed E-state index contributed by atoms with van der Waals surface area (Å²) < 4.78 is 77.6. The number of aromatic nitrogens is 1. The summed E-state index contributed by atoms with van der Waals surface area (Å²) in [6.07, 6.45) is -5.84. The molecule has 1 saturated carbocycles. The summed E-state index contributed by atoms with van der Waals surface area (Å²) in [6.45, 7) is 2.38. The summed E-state index contributed by atoms with van der Waals surface area (Å²) in [5.41, 5.74) is -4.98. The Balaban J connectivity index is 2.85. The molecular formula is C18H20F5NO4S. The Morgan fingerprint density at radius 1 is 1.07 bits per heavy atom. The first-order valence-corrected chi connectivity index (χ1v) is 9.93. The van der Waals surface area contributed by atoms with Gasteiger partial charge in [-0.3, -0.25) is 0 Å². The molecule has 1 aromatic heterocycles. The molecule has 2 rings (SSSR count). The topological polar surface area (TPSA) is 65.5 Å². The number of ether oxygens (including phenoxy) is 2. The molecule has 0 unspecified atom stereocenters. The molecule has 0 aliphatic heterocycles. The van der Waals surface area contributed by atoms with Crippen LogP contribution in [0.5, 0.6) is 0 Å². The monoisotopic (exact) mass is 441 g/mol. The van der Waals surface area contributed by atoms with Crippen molar-refractivity contribution in [2.75, 3.05) is 13.2 Å². The molecule has 0 saturated heterocycles. The third-order valence-corrected chi connectivity index (χ3v) is 5.65. The van der Waals surface area contributed by atoms with Gasteiger partial charge >= 0.3 is 18.1 Å². The first-order valence-electron chi connectivity index (χ1n) is 9.05. The van der Waals surface area contributed by atoms with E-state index in [0.717, 1.165) is 24.6 Å². The third kappa shape index (κ3) is 5.37. The minimum absolute atomic E-state index is 0.190. The molecular weight excluding hydrogens is 421 g/mol. The van der Waals surface area contributed by atoms with Gasteiger partial charge in [0.1, 0.15) is 16.8 Å². The van der Waals surface area contributed by atoms with Gasteiger partial charge in [0.15, 0.2) is 5.69 Å². The summed E-state index contributed by atoms with van der Waals surface area (Å²) in [4.78, 5) is 27.3. The lowest BCUT2D eigenvalue weighted by Gasteiger charge is -2.22. The summed E-state index contributed by atoms with van der Waals surface area (Å²) in [7, 11) is 0. The molecule has 1 aliphatic rings. The van der Waals surface area contributed by atoms with Gasteiger partial charge in [-0.25, -0.2) is 23.4 Å². The number of nitrogens with zero attached hydrogens (tertiary/aromatic N) is 1. The summed E-state index contributed by atoms with van der Waals surface area (Å²) in [6, 6.07) is 0. The Labute approximate surface area is 168 Å². The highest BCUT2D eigenvalue weighted by Gasteiger charge is 2.44. The van der Waals surface area contributed by atoms with E-state index in [1.165, 1.54) is 13.8 Å². The fourth-order valence-electron chi connectivity index (χ4n) is 3.03. The van der Waals surface area contributed by atoms with E-state index < -0.39 is 52.0 Å². The molecule has 11 heteroatoms. The number of carbonyl (C=O) groups excluding carboxylic acids is 2. The Bertz CT molecular complexity index is 764. The second-order valence-electron chi connectivity index (χ2n) is 6.19. The Hall–Kier alpha value is -1.91. The summed E-state index contributed by atoms with van der Waals surface area (Å²) in [5.74, 6) is -2.63. The van der Waals surface area contributed by atoms with Crippen LogP contribution in [0.2, 0.25) is 0 Å². The minimum Gasteiger partial charge on any atom is -0.462 e. The van der Waals surface area contributed by atoms with Gasteiger partial charge in [-0.05, 0) is 26.7 Å². The molecule has 162 valence electrons. The summed E-state index contributed by atoms with van der Waals surface area (Å²) in [5, 5.41) is -0.231. The first-order chi connectivity index (χ1) is 13.6. The van der Waals surface area contributed by atoms with E-state index in [1.807, 2.05) is 0 Å². The van der Waals surface area contributed by atoms with Crippen molar-refractivity contribution in [3.8, 4) is 0 Å². The van der Waals surface area contributed by atoms with Gasteiger partial charge in [0.25, 0.3) is 6.43 Å². The number of pyridine rings is 1. The number of hydrogen-bond donors (Lipinski definition) is 0.